The molecule has 96 valence electrons. The molecule has 19 heavy (non-hydrogen) atoms. The summed E-state index contributed by atoms with van der Waals surface area (Å²) in [5, 5.41) is 0. The van der Waals surface area contributed by atoms with Crippen LogP contribution in [0.25, 0.3) is 0 Å². The first-order valence-electron chi connectivity index (χ1n) is 6.27. The molecule has 1 atom stereocenters. The molecule has 0 aliphatic heterocycles. The van der Waals surface area contributed by atoms with Gasteiger partial charge in [0.2, 0.25) is 0 Å². The summed E-state index contributed by atoms with van der Waals surface area (Å²) in [5.74, 6) is 0. The SMILES string of the molecule is [CH2]C(O[C]=O)[SiH2]C(c1ccccc1)c1ccccc1. The van der Waals surface area contributed by atoms with Crippen LogP contribution in [0.3, 0.4) is 0 Å². The van der Waals surface area contributed by atoms with Crippen molar-refractivity contribution >= 4 is 16.0 Å². The Labute approximate surface area is 116 Å². The molecule has 2 nitrogen and oxygen atoms in total. The highest BCUT2D eigenvalue weighted by Crippen LogP contribution is 2.24. The third-order valence-electron chi connectivity index (χ3n) is 3.12. The Morgan fingerprint density at radius 2 is 1.42 bits per heavy atom. The van der Waals surface area contributed by atoms with E-state index in [4.69, 9.17) is 4.74 Å². The maximum Gasteiger partial charge on any atom is 0.417 e. The highest BCUT2D eigenvalue weighted by molar-refractivity contribution is 6.41. The largest absolute Gasteiger partial charge is 0.459 e. The molecule has 0 N–H and O–H groups in total. The summed E-state index contributed by atoms with van der Waals surface area (Å²) in [7, 11) is -0.754. The molecule has 0 fully saturated rings. The molecule has 2 rings (SSSR count). The zero-order chi connectivity index (χ0) is 13.5. The van der Waals surface area contributed by atoms with Crippen LogP contribution in [0.1, 0.15) is 16.7 Å². The van der Waals surface area contributed by atoms with Crippen LogP contribution in [0.5, 0.6) is 0 Å². The molecule has 0 spiro atoms. The van der Waals surface area contributed by atoms with E-state index >= 15 is 0 Å². The number of hydrogen-bond donors (Lipinski definition) is 0. The number of benzene rings is 2. The topological polar surface area (TPSA) is 26.3 Å². The summed E-state index contributed by atoms with van der Waals surface area (Å²) in [5.41, 5.74) is 2.55. The minimum Gasteiger partial charge on any atom is -0.459 e. The van der Waals surface area contributed by atoms with Gasteiger partial charge >= 0.3 is 6.47 Å². The van der Waals surface area contributed by atoms with Crippen LogP contribution >= 0.6 is 0 Å². The van der Waals surface area contributed by atoms with Gasteiger partial charge in [0.05, 0.1) is 15.2 Å². The van der Waals surface area contributed by atoms with Gasteiger partial charge in [0.15, 0.2) is 0 Å². The number of rotatable bonds is 6. The molecule has 0 bridgehead atoms. The fourth-order valence-electron chi connectivity index (χ4n) is 2.21. The minimum absolute atomic E-state index is 0.261. The Hall–Kier alpha value is -1.87. The van der Waals surface area contributed by atoms with Crippen LogP contribution < -0.4 is 0 Å². The fraction of sp³-hybridized carbons (Fsp3) is 0.125. The van der Waals surface area contributed by atoms with Gasteiger partial charge in [0.1, 0.15) is 0 Å². The van der Waals surface area contributed by atoms with Crippen molar-refractivity contribution in [3.63, 3.8) is 0 Å². The van der Waals surface area contributed by atoms with E-state index in [-0.39, 0.29) is 5.73 Å². The Kier molecular flexibility index (Phi) is 4.92. The average molecular weight is 268 g/mol. The molecule has 0 amide bonds. The zero-order valence-electron chi connectivity index (χ0n) is 10.7. The predicted molar refractivity (Wildman–Crippen MR) is 79.2 cm³/mol. The van der Waals surface area contributed by atoms with Crippen molar-refractivity contribution in [1.29, 1.82) is 0 Å². The van der Waals surface area contributed by atoms with E-state index in [2.05, 4.69) is 31.2 Å². The molecule has 3 heteroatoms. The third kappa shape index (κ3) is 3.79. The summed E-state index contributed by atoms with van der Waals surface area (Å²) in [4.78, 5) is 10.3. The highest BCUT2D eigenvalue weighted by atomic mass is 28.2. The van der Waals surface area contributed by atoms with E-state index in [9.17, 15) is 4.79 Å². The Morgan fingerprint density at radius 1 is 0.947 bits per heavy atom. The summed E-state index contributed by atoms with van der Waals surface area (Å²) < 4.78 is 4.86. The van der Waals surface area contributed by atoms with Gasteiger partial charge < -0.3 is 4.74 Å². The van der Waals surface area contributed by atoms with E-state index in [1.807, 2.05) is 36.4 Å². The second-order valence-electron chi connectivity index (χ2n) is 4.43. The van der Waals surface area contributed by atoms with Gasteiger partial charge in [-0.1, -0.05) is 60.7 Å². The maximum absolute atomic E-state index is 10.3. The molecule has 2 radical (unpaired) electrons. The standard InChI is InChI=1S/C16H16O2Si/c1-13(18-12-17)19-16(14-8-4-2-5-9-14)15-10-6-3-7-11-15/h2-11,13,16H,1,19H2. The van der Waals surface area contributed by atoms with E-state index in [1.165, 1.54) is 17.6 Å². The van der Waals surface area contributed by atoms with Crippen molar-refractivity contribution in [2.75, 3.05) is 0 Å². The molecule has 0 saturated heterocycles. The van der Waals surface area contributed by atoms with E-state index in [0.29, 0.717) is 5.54 Å². The van der Waals surface area contributed by atoms with Crippen LogP contribution in [0, 0.1) is 6.92 Å². The molecule has 1 unspecified atom stereocenters. The molecule has 0 aromatic heterocycles. The monoisotopic (exact) mass is 268 g/mol. The van der Waals surface area contributed by atoms with Gasteiger partial charge in [-0.3, -0.25) is 0 Å². The van der Waals surface area contributed by atoms with Gasteiger partial charge in [0.25, 0.3) is 0 Å². The minimum atomic E-state index is -0.754. The van der Waals surface area contributed by atoms with E-state index in [0.717, 1.165) is 0 Å². The molecular formula is C16H16O2Si. The number of carbonyl (C=O) groups excluding carboxylic acids is 1. The van der Waals surface area contributed by atoms with Crippen molar-refractivity contribution in [3.8, 4) is 0 Å². The lowest BCUT2D eigenvalue weighted by Gasteiger charge is -2.20. The predicted octanol–water partition coefficient (Wildman–Crippen LogP) is 2.19. The molecule has 0 saturated carbocycles. The van der Waals surface area contributed by atoms with Crippen molar-refractivity contribution in [2.24, 2.45) is 0 Å². The lowest BCUT2D eigenvalue weighted by molar-refractivity contribution is 0.278. The maximum atomic E-state index is 10.3. The molecule has 0 aliphatic carbocycles. The molecule has 0 heterocycles. The summed E-state index contributed by atoms with van der Waals surface area (Å²) >= 11 is 0. The number of hydrogen-bond acceptors (Lipinski definition) is 2. The van der Waals surface area contributed by atoms with Crippen LogP contribution in [-0.2, 0) is 9.53 Å². The fourth-order valence-corrected chi connectivity index (χ4v) is 3.99. The Balaban J connectivity index is 2.26. The normalized spacial score (nSPS) is 12.7. The second-order valence-corrected chi connectivity index (χ2v) is 6.63. The molecule has 0 aliphatic rings. The number of ether oxygens (including phenoxy) is 1. The van der Waals surface area contributed by atoms with Crippen LogP contribution in [0.2, 0.25) is 0 Å². The lowest BCUT2D eigenvalue weighted by Crippen LogP contribution is -2.24. The van der Waals surface area contributed by atoms with Gasteiger partial charge in [-0.2, -0.15) is 0 Å². The molecular weight excluding hydrogens is 252 g/mol. The highest BCUT2D eigenvalue weighted by Gasteiger charge is 2.18. The van der Waals surface area contributed by atoms with Crippen LogP contribution in [0.4, 0.5) is 0 Å². The summed E-state index contributed by atoms with van der Waals surface area (Å²) in [6, 6.07) is 20.6. The van der Waals surface area contributed by atoms with Crippen molar-refractivity contribution in [2.45, 2.75) is 11.3 Å². The summed E-state index contributed by atoms with van der Waals surface area (Å²) in [6.45, 7) is 5.39. The zero-order valence-corrected chi connectivity index (χ0v) is 12.1. The Bertz CT molecular complexity index is 459. The van der Waals surface area contributed by atoms with Crippen molar-refractivity contribution in [1.82, 2.24) is 0 Å². The van der Waals surface area contributed by atoms with Gasteiger partial charge in [0, 0.05) is 5.54 Å². The third-order valence-corrected chi connectivity index (χ3v) is 5.22. The van der Waals surface area contributed by atoms with Gasteiger partial charge in [-0.25, -0.2) is 4.79 Å². The van der Waals surface area contributed by atoms with Crippen LogP contribution in [-0.4, -0.2) is 21.7 Å². The quantitative estimate of drug-likeness (QED) is 0.751. The first-order chi connectivity index (χ1) is 9.31. The molecule has 2 aromatic rings. The Morgan fingerprint density at radius 3 is 1.84 bits per heavy atom. The van der Waals surface area contributed by atoms with Crippen molar-refractivity contribution < 1.29 is 9.53 Å². The van der Waals surface area contributed by atoms with Crippen molar-refractivity contribution in [3.05, 3.63) is 78.7 Å². The first-order valence-corrected chi connectivity index (χ1v) is 7.90. The van der Waals surface area contributed by atoms with E-state index < -0.39 is 9.52 Å². The second kappa shape index (κ2) is 6.90. The average Bonchev–Trinajstić information content (AvgIpc) is 2.47. The van der Waals surface area contributed by atoms with Gasteiger partial charge in [-0.15, -0.1) is 0 Å². The molecule has 2 aromatic carbocycles. The lowest BCUT2D eigenvalue weighted by atomic mass is 10.0. The van der Waals surface area contributed by atoms with Crippen LogP contribution in [0.15, 0.2) is 60.7 Å². The first kappa shape index (κ1) is 13.6. The van der Waals surface area contributed by atoms with E-state index in [1.54, 1.807) is 0 Å². The smallest absolute Gasteiger partial charge is 0.417 e. The summed E-state index contributed by atoms with van der Waals surface area (Å²) in [6.07, 6.45) is 0. The van der Waals surface area contributed by atoms with Gasteiger partial charge in [-0.05, 0) is 18.1 Å².